The van der Waals surface area contributed by atoms with Crippen molar-refractivity contribution in [2.24, 2.45) is 17.3 Å². The highest BCUT2D eigenvalue weighted by Gasteiger charge is 2.58. The van der Waals surface area contributed by atoms with Gasteiger partial charge < -0.3 is 33.1 Å². The van der Waals surface area contributed by atoms with E-state index in [-0.39, 0.29) is 52.7 Å². The van der Waals surface area contributed by atoms with E-state index in [4.69, 9.17) is 5.11 Å². The van der Waals surface area contributed by atoms with Crippen LogP contribution in [0.15, 0.2) is 0 Å². The Kier molecular flexibility index (Phi) is 12.1. The van der Waals surface area contributed by atoms with Crippen LogP contribution in [0.5, 0.6) is 0 Å². The summed E-state index contributed by atoms with van der Waals surface area (Å²) in [6, 6.07) is 0. The third kappa shape index (κ3) is 9.26. The first-order chi connectivity index (χ1) is 15.4. The predicted molar refractivity (Wildman–Crippen MR) is 148 cm³/mol. The minimum absolute atomic E-state index is 0. The van der Waals surface area contributed by atoms with Crippen LogP contribution in [0.1, 0.15) is 126 Å². The molecule has 0 aromatic carbocycles. The number of carboxylic acids is 2. The van der Waals surface area contributed by atoms with Crippen LogP contribution in [0.2, 0.25) is 0 Å². The van der Waals surface area contributed by atoms with Gasteiger partial charge in [0.25, 0.3) is 0 Å². The standard InChI is InChI=1S/C28H52N2O4.2H3N/c1-24(2)16-20(17-25(3,4)29-24)28(23(33)34,15-13-11-9-10-12-14-22(31)32)21-18-26(5,6)30-27(7,8)19-21;;/h20-21,29-30H,9-19H2,1-8H3,(H,31,32)(H,33,34);2*1H3. The number of carbonyl (C=O) groups is 2. The van der Waals surface area contributed by atoms with Crippen LogP contribution in [-0.2, 0) is 9.59 Å². The topological polar surface area (TPSA) is 169 Å². The molecular weight excluding hydrogens is 456 g/mol. The van der Waals surface area contributed by atoms with Crippen molar-refractivity contribution < 1.29 is 19.8 Å². The molecule has 2 aliphatic rings. The molecule has 8 heteroatoms. The molecule has 2 saturated heterocycles. The van der Waals surface area contributed by atoms with E-state index >= 15 is 0 Å². The van der Waals surface area contributed by atoms with Crippen molar-refractivity contribution in [1.29, 1.82) is 0 Å². The summed E-state index contributed by atoms with van der Waals surface area (Å²) in [5, 5.41) is 27.4. The Labute approximate surface area is 220 Å². The largest absolute Gasteiger partial charge is 0.481 e. The fourth-order valence-corrected chi connectivity index (χ4v) is 7.79. The molecule has 0 spiro atoms. The molecule has 0 amide bonds. The molecule has 0 atom stereocenters. The second kappa shape index (κ2) is 12.5. The van der Waals surface area contributed by atoms with Gasteiger partial charge in [-0.2, -0.15) is 0 Å². The van der Waals surface area contributed by atoms with Gasteiger partial charge in [-0.05, 0) is 106 Å². The first kappa shape index (κ1) is 34.8. The molecule has 0 aromatic heterocycles. The first-order valence-corrected chi connectivity index (χ1v) is 13.4. The summed E-state index contributed by atoms with van der Waals surface area (Å²) in [4.78, 5) is 24.2. The molecule has 0 radical (unpaired) electrons. The summed E-state index contributed by atoms with van der Waals surface area (Å²) in [6.07, 6.45) is 8.80. The third-order valence-corrected chi connectivity index (χ3v) is 8.22. The maximum Gasteiger partial charge on any atom is 0.310 e. The Bertz CT molecular complexity index is 663. The van der Waals surface area contributed by atoms with E-state index in [0.717, 1.165) is 51.4 Å². The first-order valence-electron chi connectivity index (χ1n) is 13.4. The number of unbranched alkanes of at least 4 members (excludes halogenated alkanes) is 4. The third-order valence-electron chi connectivity index (χ3n) is 8.22. The molecule has 0 aromatic rings. The van der Waals surface area contributed by atoms with Gasteiger partial charge in [-0.3, -0.25) is 9.59 Å². The average molecular weight is 515 g/mol. The molecule has 0 unspecified atom stereocenters. The quantitative estimate of drug-likeness (QED) is 0.174. The number of nitrogens with one attached hydrogen (secondary N) is 2. The number of hydrogen-bond donors (Lipinski definition) is 6. The van der Waals surface area contributed by atoms with Crippen molar-refractivity contribution in [3.63, 3.8) is 0 Å². The second-order valence-corrected chi connectivity index (χ2v) is 14.0. The molecule has 0 saturated carbocycles. The Morgan fingerprint density at radius 2 is 1.00 bits per heavy atom. The van der Waals surface area contributed by atoms with Crippen LogP contribution >= 0.6 is 0 Å². The lowest BCUT2D eigenvalue weighted by molar-refractivity contribution is -0.166. The van der Waals surface area contributed by atoms with Gasteiger partial charge in [0.05, 0.1) is 5.41 Å². The Morgan fingerprint density at radius 3 is 1.33 bits per heavy atom. The number of piperidine rings is 2. The fourth-order valence-electron chi connectivity index (χ4n) is 7.79. The predicted octanol–water partition coefficient (Wildman–Crippen LogP) is 6.31. The minimum atomic E-state index is -0.756. The van der Waals surface area contributed by atoms with Crippen LogP contribution in [0, 0.1) is 17.3 Å². The smallest absolute Gasteiger partial charge is 0.310 e. The zero-order chi connectivity index (χ0) is 26.0. The maximum atomic E-state index is 13.4. The summed E-state index contributed by atoms with van der Waals surface area (Å²) in [5.74, 6) is -1.14. The van der Waals surface area contributed by atoms with Crippen molar-refractivity contribution >= 4 is 11.9 Å². The van der Waals surface area contributed by atoms with Gasteiger partial charge in [0.2, 0.25) is 0 Å². The molecule has 2 heterocycles. The minimum Gasteiger partial charge on any atom is -0.481 e. The monoisotopic (exact) mass is 514 g/mol. The van der Waals surface area contributed by atoms with Crippen LogP contribution in [0.3, 0.4) is 0 Å². The summed E-state index contributed by atoms with van der Waals surface area (Å²) in [7, 11) is 0. The normalized spacial score (nSPS) is 23.2. The van der Waals surface area contributed by atoms with E-state index in [1.54, 1.807) is 0 Å². The highest BCUT2D eigenvalue weighted by Crippen LogP contribution is 2.55. The molecule has 8 nitrogen and oxygen atoms in total. The van der Waals surface area contributed by atoms with Gasteiger partial charge >= 0.3 is 11.9 Å². The van der Waals surface area contributed by atoms with Gasteiger partial charge in [0.1, 0.15) is 0 Å². The number of rotatable bonds is 11. The Morgan fingerprint density at radius 1 is 0.667 bits per heavy atom. The van der Waals surface area contributed by atoms with Crippen molar-refractivity contribution in [2.75, 3.05) is 0 Å². The van der Waals surface area contributed by atoms with E-state index in [2.05, 4.69) is 66.0 Å². The van der Waals surface area contributed by atoms with Gasteiger partial charge in [0.15, 0.2) is 0 Å². The lowest BCUT2D eigenvalue weighted by Crippen LogP contribution is -2.65. The SMILES string of the molecule is CC1(C)CC(C(CCCCCCCC(=O)O)(C(=O)O)C2CC(C)(C)NC(C)(C)C2)CC(C)(C)N1.N.N. The fraction of sp³-hybridized carbons (Fsp3) is 0.929. The molecule has 0 aliphatic carbocycles. The summed E-state index contributed by atoms with van der Waals surface area (Å²) >= 11 is 0. The zero-order valence-corrected chi connectivity index (χ0v) is 24.6. The average Bonchev–Trinajstić information content (AvgIpc) is 2.58. The molecular formula is C28H58N4O4. The number of carboxylic acid groups (broad SMARTS) is 2. The van der Waals surface area contributed by atoms with Gasteiger partial charge in [-0.15, -0.1) is 0 Å². The van der Waals surface area contributed by atoms with Gasteiger partial charge in [0, 0.05) is 28.6 Å². The lowest BCUT2D eigenvalue weighted by atomic mass is 9.52. The number of aliphatic carboxylic acids is 2. The highest BCUT2D eigenvalue weighted by molar-refractivity contribution is 5.76. The molecule has 10 N–H and O–H groups in total. The summed E-state index contributed by atoms with van der Waals surface area (Å²) < 4.78 is 0. The molecule has 0 bridgehead atoms. The summed E-state index contributed by atoms with van der Waals surface area (Å²) in [5.41, 5.74) is -1.19. The van der Waals surface area contributed by atoms with Gasteiger partial charge in [-0.25, -0.2) is 0 Å². The van der Waals surface area contributed by atoms with Gasteiger partial charge in [-0.1, -0.05) is 25.7 Å². The lowest BCUT2D eigenvalue weighted by Gasteiger charge is -2.57. The highest BCUT2D eigenvalue weighted by atomic mass is 16.4. The van der Waals surface area contributed by atoms with Crippen molar-refractivity contribution in [1.82, 2.24) is 22.9 Å². The molecule has 2 fully saturated rings. The molecule has 2 rings (SSSR count). The van der Waals surface area contributed by atoms with E-state index in [1.165, 1.54) is 0 Å². The van der Waals surface area contributed by atoms with E-state index in [0.29, 0.717) is 12.8 Å². The van der Waals surface area contributed by atoms with Crippen LogP contribution in [0.4, 0.5) is 0 Å². The molecule has 214 valence electrons. The zero-order valence-electron chi connectivity index (χ0n) is 24.6. The van der Waals surface area contributed by atoms with Crippen molar-refractivity contribution in [3.05, 3.63) is 0 Å². The van der Waals surface area contributed by atoms with Crippen LogP contribution in [0.25, 0.3) is 0 Å². The van der Waals surface area contributed by atoms with Crippen molar-refractivity contribution in [2.45, 2.75) is 148 Å². The van der Waals surface area contributed by atoms with Crippen molar-refractivity contribution in [3.8, 4) is 0 Å². The van der Waals surface area contributed by atoms with E-state index in [9.17, 15) is 14.7 Å². The number of hydrogen-bond acceptors (Lipinski definition) is 6. The summed E-state index contributed by atoms with van der Waals surface area (Å²) in [6.45, 7) is 17.7. The molecule has 36 heavy (non-hydrogen) atoms. The maximum absolute atomic E-state index is 13.4. The Balaban J connectivity index is 0.00000612. The van der Waals surface area contributed by atoms with E-state index < -0.39 is 17.4 Å². The Hall–Kier alpha value is -1.22. The van der Waals surface area contributed by atoms with E-state index in [1.807, 2.05) is 0 Å². The second-order valence-electron chi connectivity index (χ2n) is 14.0. The van der Waals surface area contributed by atoms with Crippen LogP contribution in [-0.4, -0.2) is 44.3 Å². The molecule has 2 aliphatic heterocycles. The van der Waals surface area contributed by atoms with Crippen LogP contribution < -0.4 is 22.9 Å².